The van der Waals surface area contributed by atoms with Crippen LogP contribution < -0.4 is 21.5 Å². The molecule has 0 atom stereocenters. The number of Topliss-reactive ketones (excluding diaryl/α,β-unsaturated/α-hetero) is 1. The number of allylic oxidation sites excluding steroid dienone is 2. The second-order valence-electron chi connectivity index (χ2n) is 13.6. The number of benzene rings is 4. The number of nitrogens with one attached hydrogen (secondary N) is 4. The Morgan fingerprint density at radius 2 is 1.21 bits per heavy atom. The smallest absolute Gasteiger partial charge is 0.296 e. The highest BCUT2D eigenvalue weighted by atomic mass is 35.5. The highest BCUT2D eigenvalue weighted by molar-refractivity contribution is 7.95. The summed E-state index contributed by atoms with van der Waals surface area (Å²) < 4.78 is 172. The number of hydrazine groups is 1. The third kappa shape index (κ3) is 10.2. The van der Waals surface area contributed by atoms with Crippen molar-refractivity contribution < 1.29 is 79.5 Å². The number of halogens is 1. The van der Waals surface area contributed by atoms with E-state index in [9.17, 15) is 79.5 Å². The summed E-state index contributed by atoms with van der Waals surface area (Å²) in [5, 5.41) is 23.4. The third-order valence-corrected chi connectivity index (χ3v) is 13.7. The largest absolute Gasteiger partial charge is 0.505 e. The Hall–Kier alpha value is -7.11. The molecule has 0 aliphatic heterocycles. The number of phenolic OH excluding ortho intramolecular Hbond substituents is 1. The summed E-state index contributed by atoms with van der Waals surface area (Å²) in [5.41, 5.74) is -1.57. The number of carbonyl (C=O) groups excluding carboxylic acids is 2. The van der Waals surface area contributed by atoms with Crippen molar-refractivity contribution in [1.82, 2.24) is 15.0 Å². The van der Waals surface area contributed by atoms with Crippen molar-refractivity contribution in [1.29, 1.82) is 0 Å². The normalized spacial score (nSPS) is 15.4. The molecule has 2 aliphatic carbocycles. The zero-order valence-electron chi connectivity index (χ0n) is 32.8. The number of phenols is 1. The van der Waals surface area contributed by atoms with Crippen molar-refractivity contribution in [2.24, 2.45) is 10.2 Å². The molecule has 10 N–H and O–H groups in total. The lowest BCUT2D eigenvalue weighted by molar-refractivity contribution is -0.108. The summed E-state index contributed by atoms with van der Waals surface area (Å²) in [6.45, 7) is 0. The van der Waals surface area contributed by atoms with Gasteiger partial charge in [-0.05, 0) is 78.4 Å². The van der Waals surface area contributed by atoms with Crippen LogP contribution in [0, 0.1) is 0 Å². The molecule has 1 heterocycles. The summed E-state index contributed by atoms with van der Waals surface area (Å²) in [7, 11) is -25.7. The molecule has 0 radical (unpaired) electrons. The van der Waals surface area contributed by atoms with Gasteiger partial charge in [-0.15, -0.1) is 10.2 Å². The van der Waals surface area contributed by atoms with Gasteiger partial charge in [0.2, 0.25) is 28.7 Å². The van der Waals surface area contributed by atoms with E-state index >= 15 is 0 Å². The topological polar surface area (TPSA) is 438 Å². The van der Waals surface area contributed by atoms with Gasteiger partial charge in [-0.3, -0.25) is 43.2 Å². The fourth-order valence-corrected chi connectivity index (χ4v) is 9.75. The number of hydrogen-bond acceptors (Lipinski definition) is 22. The first-order chi connectivity index (χ1) is 31.5. The van der Waals surface area contributed by atoms with Crippen LogP contribution in [-0.4, -0.2) is 108 Å². The minimum absolute atomic E-state index is 0.0804. The monoisotopic (exact) mass is 1050 g/mol. The van der Waals surface area contributed by atoms with Crippen molar-refractivity contribution in [2.75, 3.05) is 21.5 Å². The third-order valence-electron chi connectivity index (χ3n) is 9.14. The van der Waals surface area contributed by atoms with E-state index in [4.69, 9.17) is 11.6 Å². The molecular formula is C35H24ClN9O18S5. The zero-order chi connectivity index (χ0) is 49.9. The van der Waals surface area contributed by atoms with Gasteiger partial charge in [0.25, 0.3) is 50.6 Å². The van der Waals surface area contributed by atoms with Gasteiger partial charge < -0.3 is 15.7 Å². The maximum atomic E-state index is 13.5. The quantitative estimate of drug-likeness (QED) is 0.0460. The molecule has 0 fully saturated rings. The number of rotatable bonds is 13. The molecular weight excluding hydrogens is 1030 g/mol. The van der Waals surface area contributed by atoms with Crippen molar-refractivity contribution in [3.8, 4) is 5.75 Å². The first-order valence-corrected chi connectivity index (χ1v) is 25.4. The van der Waals surface area contributed by atoms with Crippen LogP contribution in [-0.2, 0) is 55.4 Å². The SMILES string of the molecule is O=C1C=Cc2c(cc(S(=O)(=O)O)c(NNc3ccc(Nc4nc(Cl)nc(Nc5cccc(S(=O)(=O)O)c5)n4)cc3S(=O)(=O)O)c2O)/C1=N\N=C1C=C(S(=O)(=O)O)c2cccc(S(=O)(=O)O)c2C1=O. The number of hydrogen-bond donors (Lipinski definition) is 10. The van der Waals surface area contributed by atoms with Crippen molar-refractivity contribution in [2.45, 2.75) is 19.6 Å². The average molecular weight is 1050 g/mol. The van der Waals surface area contributed by atoms with Crippen LogP contribution in [0.1, 0.15) is 27.0 Å². The molecule has 7 rings (SSSR count). The molecule has 0 amide bonds. The van der Waals surface area contributed by atoms with Crippen LogP contribution in [0.3, 0.4) is 0 Å². The summed E-state index contributed by atoms with van der Waals surface area (Å²) in [6, 6.07) is 11.0. The van der Waals surface area contributed by atoms with E-state index in [1.807, 2.05) is 0 Å². The number of anilines is 6. The van der Waals surface area contributed by atoms with Crippen LogP contribution in [0.2, 0.25) is 5.28 Å². The van der Waals surface area contributed by atoms with E-state index < -0.39 is 143 Å². The molecule has 33 heteroatoms. The van der Waals surface area contributed by atoms with Gasteiger partial charge >= 0.3 is 0 Å². The molecule has 0 spiro atoms. The Kier molecular flexibility index (Phi) is 12.6. The lowest BCUT2D eigenvalue weighted by Crippen LogP contribution is -2.25. The number of aromatic hydroxyl groups is 1. The molecule has 1 aromatic heterocycles. The lowest BCUT2D eigenvalue weighted by atomic mass is 9.93. The van der Waals surface area contributed by atoms with Crippen LogP contribution in [0.4, 0.5) is 34.6 Å². The maximum Gasteiger partial charge on any atom is 0.296 e. The second-order valence-corrected chi connectivity index (χ2v) is 20.9. The number of aromatic nitrogens is 3. The Labute approximate surface area is 386 Å². The van der Waals surface area contributed by atoms with E-state index in [0.717, 1.165) is 54.6 Å². The fraction of sp³-hybridized carbons (Fsp3) is 0. The van der Waals surface area contributed by atoms with Gasteiger partial charge in [0.1, 0.15) is 42.5 Å². The minimum Gasteiger partial charge on any atom is -0.505 e. The standard InChI is InChI=1S/C35H24ClN9O18S5/c36-33-39-34(37-15-3-1-4-17(11-15)64(49,50)51)41-35(40-33)38-16-7-9-21(26(12-16)67(58,59)60)42-45-30-27(68(61,62)63)13-20-18(31(30)47)8-10-23(46)29(20)44-43-22-14-25(66(55,56)57)19-5-2-6-24(65(52,53)54)28(19)32(22)48/h1-14,42,45,47H,(H,49,50,51)(H,52,53,54)(H,55,56,57)(H,58,59,60)(H,61,62,63)(H2,37,38,39,40,41)/b43-22?,44-29+. The zero-order valence-corrected chi connectivity index (χ0v) is 37.7. The van der Waals surface area contributed by atoms with Crippen molar-refractivity contribution >= 4 is 131 Å². The predicted octanol–water partition coefficient (Wildman–Crippen LogP) is 3.01. The van der Waals surface area contributed by atoms with Gasteiger partial charge in [0.15, 0.2) is 0 Å². The maximum absolute atomic E-state index is 13.5. The number of ketones is 2. The first kappa shape index (κ1) is 48.8. The van der Waals surface area contributed by atoms with Gasteiger partial charge in [-0.25, -0.2) is 0 Å². The Bertz CT molecular complexity index is 3790. The first-order valence-electron chi connectivity index (χ1n) is 17.8. The highest BCUT2D eigenvalue weighted by Crippen LogP contribution is 2.40. The molecule has 68 heavy (non-hydrogen) atoms. The summed E-state index contributed by atoms with van der Waals surface area (Å²) in [6.07, 6.45) is 2.16. The van der Waals surface area contributed by atoms with E-state index in [1.165, 1.54) is 18.2 Å². The molecule has 0 unspecified atom stereocenters. The molecule has 2 aliphatic rings. The van der Waals surface area contributed by atoms with Gasteiger partial charge in [-0.2, -0.15) is 57.0 Å². The van der Waals surface area contributed by atoms with Gasteiger partial charge in [-0.1, -0.05) is 18.2 Å². The summed E-state index contributed by atoms with van der Waals surface area (Å²) in [4.78, 5) is 33.6. The summed E-state index contributed by atoms with van der Waals surface area (Å²) >= 11 is 6.03. The van der Waals surface area contributed by atoms with Crippen molar-refractivity contribution in [3.05, 3.63) is 106 Å². The Morgan fingerprint density at radius 3 is 1.81 bits per heavy atom. The molecule has 27 nitrogen and oxygen atoms in total. The van der Waals surface area contributed by atoms with Crippen molar-refractivity contribution in [3.63, 3.8) is 0 Å². The van der Waals surface area contributed by atoms with E-state index in [-0.39, 0.29) is 23.3 Å². The van der Waals surface area contributed by atoms with E-state index in [1.54, 1.807) is 0 Å². The summed E-state index contributed by atoms with van der Waals surface area (Å²) in [5.74, 6) is -4.15. The molecule has 0 bridgehead atoms. The molecule has 0 saturated carbocycles. The van der Waals surface area contributed by atoms with Crippen LogP contribution in [0.15, 0.2) is 109 Å². The molecule has 0 saturated heterocycles. The number of nitrogens with zero attached hydrogens (tertiary/aromatic N) is 5. The average Bonchev–Trinajstić information content (AvgIpc) is 3.21. The lowest BCUT2D eigenvalue weighted by Gasteiger charge is -2.21. The van der Waals surface area contributed by atoms with E-state index in [0.29, 0.717) is 12.1 Å². The molecule has 4 aromatic carbocycles. The Balaban J connectivity index is 1.22. The van der Waals surface area contributed by atoms with Crippen LogP contribution in [0.25, 0.3) is 11.0 Å². The van der Waals surface area contributed by atoms with E-state index in [2.05, 4.69) is 46.6 Å². The number of fused-ring (bicyclic) bond motifs is 2. The van der Waals surface area contributed by atoms with Gasteiger partial charge in [0, 0.05) is 28.1 Å². The Morgan fingerprint density at radius 1 is 0.588 bits per heavy atom. The highest BCUT2D eigenvalue weighted by Gasteiger charge is 2.36. The number of carbonyl (C=O) groups is 2. The second kappa shape index (κ2) is 17.5. The van der Waals surface area contributed by atoms with Crippen LogP contribution >= 0.6 is 11.6 Å². The minimum atomic E-state index is -5.45. The fourth-order valence-electron chi connectivity index (χ4n) is 6.30. The molecule has 354 valence electrons. The molecule has 5 aromatic rings. The predicted molar refractivity (Wildman–Crippen MR) is 237 cm³/mol. The van der Waals surface area contributed by atoms with Crippen LogP contribution in [0.5, 0.6) is 5.75 Å². The van der Waals surface area contributed by atoms with Gasteiger partial charge in [0.05, 0.1) is 16.1 Å².